The van der Waals surface area contributed by atoms with Gasteiger partial charge in [0.05, 0.1) is 18.8 Å². The molecule has 8 nitrogen and oxygen atoms in total. The number of guanidine groups is 1. The smallest absolute Gasteiger partial charge is 0.191 e. The van der Waals surface area contributed by atoms with E-state index < -0.39 is 0 Å². The maximum atomic E-state index is 5.31. The van der Waals surface area contributed by atoms with Gasteiger partial charge in [-0.2, -0.15) is 0 Å². The Morgan fingerprint density at radius 3 is 2.83 bits per heavy atom. The molecule has 1 aliphatic rings. The van der Waals surface area contributed by atoms with Crippen molar-refractivity contribution in [2.24, 2.45) is 4.99 Å². The van der Waals surface area contributed by atoms with E-state index in [9.17, 15) is 0 Å². The van der Waals surface area contributed by atoms with Crippen LogP contribution < -0.4 is 10.6 Å². The van der Waals surface area contributed by atoms with Gasteiger partial charge in [0.1, 0.15) is 5.82 Å². The Morgan fingerprint density at radius 2 is 2.12 bits per heavy atom. The maximum absolute atomic E-state index is 5.31. The second kappa shape index (κ2) is 8.45. The first kappa shape index (κ1) is 18.7. The second-order valence-corrected chi connectivity index (χ2v) is 5.94. The molecule has 0 spiro atoms. The number of aromatic nitrogens is 4. The first-order valence-electron chi connectivity index (χ1n) is 7.98. The van der Waals surface area contributed by atoms with Crippen LogP contribution in [-0.2, 0) is 26.1 Å². The Balaban J connectivity index is 0.00000208. The molecule has 2 N–H and O–H groups in total. The Kier molecular flexibility index (Phi) is 6.58. The fourth-order valence-corrected chi connectivity index (χ4v) is 2.58. The lowest BCUT2D eigenvalue weighted by atomic mass is 10.1. The Labute approximate surface area is 158 Å². The summed E-state index contributed by atoms with van der Waals surface area (Å²) in [6.07, 6.45) is 2.16. The van der Waals surface area contributed by atoms with E-state index in [1.165, 1.54) is 0 Å². The van der Waals surface area contributed by atoms with Crippen LogP contribution in [0.25, 0.3) is 0 Å². The summed E-state index contributed by atoms with van der Waals surface area (Å²) in [7, 11) is 1.74. The Morgan fingerprint density at radius 1 is 1.33 bits per heavy atom. The first-order chi connectivity index (χ1) is 11.2. The molecule has 0 aromatic carbocycles. The molecule has 0 unspecified atom stereocenters. The number of rotatable bonds is 5. The van der Waals surface area contributed by atoms with Gasteiger partial charge in [0.2, 0.25) is 0 Å². The van der Waals surface area contributed by atoms with Crippen LogP contribution in [0.1, 0.15) is 49.3 Å². The van der Waals surface area contributed by atoms with Crippen LogP contribution in [0.3, 0.4) is 0 Å². The zero-order valence-corrected chi connectivity index (χ0v) is 16.6. The van der Waals surface area contributed by atoms with Gasteiger partial charge in [-0.15, -0.1) is 34.2 Å². The van der Waals surface area contributed by atoms with E-state index in [1.807, 2.05) is 6.07 Å². The van der Waals surface area contributed by atoms with Gasteiger partial charge in [-0.25, -0.2) is 0 Å². The third-order valence-corrected chi connectivity index (χ3v) is 3.92. The molecule has 24 heavy (non-hydrogen) atoms. The van der Waals surface area contributed by atoms with Gasteiger partial charge >= 0.3 is 0 Å². The van der Waals surface area contributed by atoms with Gasteiger partial charge in [-0.3, -0.25) is 4.99 Å². The number of hydrogen-bond donors (Lipinski definition) is 2. The lowest BCUT2D eigenvalue weighted by Crippen LogP contribution is -2.36. The number of aryl methyl sites for hydroxylation is 1. The molecule has 0 saturated carbocycles. The van der Waals surface area contributed by atoms with Crippen LogP contribution in [0.4, 0.5) is 0 Å². The molecule has 0 aliphatic carbocycles. The Bertz CT molecular complexity index is 692. The van der Waals surface area contributed by atoms with Gasteiger partial charge in [0, 0.05) is 26.1 Å². The molecule has 9 heteroatoms. The lowest BCUT2D eigenvalue weighted by Gasteiger charge is -2.10. The number of fused-ring (bicyclic) bond motifs is 1. The summed E-state index contributed by atoms with van der Waals surface area (Å²) in [4.78, 5) is 4.21. The maximum Gasteiger partial charge on any atom is 0.191 e. The van der Waals surface area contributed by atoms with E-state index in [1.54, 1.807) is 7.05 Å². The number of nitrogens with zero attached hydrogens (tertiary/aromatic N) is 5. The summed E-state index contributed by atoms with van der Waals surface area (Å²) in [5, 5.41) is 18.9. The first-order valence-corrected chi connectivity index (χ1v) is 7.98. The summed E-state index contributed by atoms with van der Waals surface area (Å²) in [5.41, 5.74) is 0.962. The van der Waals surface area contributed by atoms with E-state index in [4.69, 9.17) is 4.52 Å². The van der Waals surface area contributed by atoms with Crippen LogP contribution in [0.5, 0.6) is 0 Å². The predicted molar refractivity (Wildman–Crippen MR) is 101 cm³/mol. The molecule has 3 rings (SSSR count). The van der Waals surface area contributed by atoms with E-state index in [0.29, 0.717) is 25.0 Å². The zero-order chi connectivity index (χ0) is 16.2. The zero-order valence-electron chi connectivity index (χ0n) is 14.2. The predicted octanol–water partition coefficient (Wildman–Crippen LogP) is 1.82. The SMILES string of the molecule is CN=C(NCc1cc(C(C)C)no1)NCc1nnc2n1CCC2.I. The molecule has 0 saturated heterocycles. The van der Waals surface area contributed by atoms with Crippen LogP contribution in [0.15, 0.2) is 15.6 Å². The molecule has 2 aromatic rings. The molecule has 0 atom stereocenters. The molecular weight excluding hydrogens is 421 g/mol. The normalized spacial score (nSPS) is 13.8. The monoisotopic (exact) mass is 445 g/mol. The quantitative estimate of drug-likeness (QED) is 0.415. The van der Waals surface area contributed by atoms with Crippen molar-refractivity contribution in [3.05, 3.63) is 29.2 Å². The number of hydrogen-bond acceptors (Lipinski definition) is 5. The summed E-state index contributed by atoms with van der Waals surface area (Å²) >= 11 is 0. The van der Waals surface area contributed by atoms with Crippen LogP contribution in [0.2, 0.25) is 0 Å². The minimum Gasteiger partial charge on any atom is -0.359 e. The number of aliphatic imine (C=N–C) groups is 1. The van der Waals surface area contributed by atoms with Gasteiger partial charge < -0.3 is 19.7 Å². The van der Waals surface area contributed by atoms with Crippen LogP contribution >= 0.6 is 24.0 Å². The van der Waals surface area contributed by atoms with E-state index >= 15 is 0 Å². The summed E-state index contributed by atoms with van der Waals surface area (Å²) in [6.45, 7) is 6.32. The lowest BCUT2D eigenvalue weighted by molar-refractivity contribution is 0.372. The minimum atomic E-state index is 0. The van der Waals surface area contributed by atoms with Crippen molar-refractivity contribution in [3.63, 3.8) is 0 Å². The summed E-state index contributed by atoms with van der Waals surface area (Å²) < 4.78 is 7.48. The van der Waals surface area contributed by atoms with Crippen LogP contribution in [0, 0.1) is 0 Å². The fraction of sp³-hybridized carbons (Fsp3) is 0.600. The highest BCUT2D eigenvalue weighted by Crippen LogP contribution is 2.14. The molecule has 132 valence electrons. The molecule has 0 bridgehead atoms. The van der Waals surface area contributed by atoms with Crippen molar-refractivity contribution in [2.75, 3.05) is 7.05 Å². The van der Waals surface area contributed by atoms with Gasteiger partial charge in [0.15, 0.2) is 17.5 Å². The standard InChI is InChI=1S/C15H23N7O.HI/c1-10(2)12-7-11(23-21-12)8-17-15(16-3)18-9-14-20-19-13-5-4-6-22(13)14;/h7,10H,4-6,8-9H2,1-3H3,(H2,16,17,18);1H. The molecule has 0 amide bonds. The third kappa shape index (κ3) is 4.25. The van der Waals surface area contributed by atoms with Crippen molar-refractivity contribution in [3.8, 4) is 0 Å². The third-order valence-electron chi connectivity index (χ3n) is 3.92. The highest BCUT2D eigenvalue weighted by atomic mass is 127. The molecule has 1 aliphatic heterocycles. The molecule has 3 heterocycles. The largest absolute Gasteiger partial charge is 0.359 e. The summed E-state index contributed by atoms with van der Waals surface area (Å²) in [5.74, 6) is 3.87. The molecular formula is C15H24IN7O. The van der Waals surface area contributed by atoms with Crippen molar-refractivity contribution in [1.29, 1.82) is 0 Å². The van der Waals surface area contributed by atoms with E-state index in [0.717, 1.165) is 42.5 Å². The van der Waals surface area contributed by atoms with E-state index in [-0.39, 0.29) is 24.0 Å². The van der Waals surface area contributed by atoms with E-state index in [2.05, 4.69) is 49.4 Å². The van der Waals surface area contributed by atoms with Gasteiger partial charge in [-0.05, 0) is 12.3 Å². The van der Waals surface area contributed by atoms with Crippen LogP contribution in [-0.4, -0.2) is 32.9 Å². The fourth-order valence-electron chi connectivity index (χ4n) is 2.58. The highest BCUT2D eigenvalue weighted by Gasteiger charge is 2.17. The average molecular weight is 445 g/mol. The second-order valence-electron chi connectivity index (χ2n) is 5.94. The van der Waals surface area contributed by atoms with Gasteiger partial charge in [-0.1, -0.05) is 19.0 Å². The van der Waals surface area contributed by atoms with Crippen molar-refractivity contribution in [2.45, 2.75) is 52.2 Å². The summed E-state index contributed by atoms with van der Waals surface area (Å²) in [6, 6.07) is 1.97. The number of halogens is 1. The Hall–Kier alpha value is -1.65. The topological polar surface area (TPSA) is 93.2 Å². The van der Waals surface area contributed by atoms with Crippen molar-refractivity contribution >= 4 is 29.9 Å². The van der Waals surface area contributed by atoms with Crippen molar-refractivity contribution < 1.29 is 4.52 Å². The highest BCUT2D eigenvalue weighted by molar-refractivity contribution is 14.0. The molecule has 0 fully saturated rings. The number of nitrogens with one attached hydrogen (secondary N) is 2. The van der Waals surface area contributed by atoms with Crippen molar-refractivity contribution in [1.82, 2.24) is 30.6 Å². The average Bonchev–Trinajstić information content (AvgIpc) is 3.24. The van der Waals surface area contributed by atoms with Gasteiger partial charge in [0.25, 0.3) is 0 Å². The minimum absolute atomic E-state index is 0. The molecule has 2 aromatic heterocycles. The molecule has 0 radical (unpaired) electrons.